The van der Waals surface area contributed by atoms with Crippen LogP contribution in [0.1, 0.15) is 17.2 Å². The normalized spacial score (nSPS) is 12.8. The highest BCUT2D eigenvalue weighted by molar-refractivity contribution is 7.20. The number of hydrogen-bond donors (Lipinski definition) is 1. The van der Waals surface area contributed by atoms with Gasteiger partial charge in [0.1, 0.15) is 16.3 Å². The van der Waals surface area contributed by atoms with Crippen LogP contribution in [0, 0.1) is 5.82 Å². The van der Waals surface area contributed by atoms with E-state index in [1.54, 1.807) is 0 Å². The Morgan fingerprint density at radius 3 is 2.69 bits per heavy atom. The second-order valence-electron chi connectivity index (χ2n) is 3.08. The van der Waals surface area contributed by atoms with E-state index in [-0.39, 0.29) is 5.56 Å². The van der Waals surface area contributed by atoms with Gasteiger partial charge in [-0.3, -0.25) is 4.98 Å². The second-order valence-corrected chi connectivity index (χ2v) is 5.36. The summed E-state index contributed by atoms with van der Waals surface area (Å²) in [5, 5.41) is 9.96. The van der Waals surface area contributed by atoms with Gasteiger partial charge in [-0.25, -0.2) is 4.39 Å². The molecule has 2 nitrogen and oxygen atoms in total. The zero-order valence-corrected chi connectivity index (χ0v) is 10.2. The molecule has 0 saturated heterocycles. The van der Waals surface area contributed by atoms with E-state index in [0.717, 1.165) is 17.5 Å². The standard InChI is InChI=1S/C10H6Cl2FNOS/c11-8-3-6(10(12)16-8)9(15)5-1-2-14-4-7(5)13/h1-4,9,15H. The third kappa shape index (κ3) is 2.20. The number of pyridine rings is 1. The average Bonchev–Trinajstić information content (AvgIpc) is 2.58. The van der Waals surface area contributed by atoms with Crippen LogP contribution >= 0.6 is 34.5 Å². The van der Waals surface area contributed by atoms with Crippen LogP contribution in [0.2, 0.25) is 8.67 Å². The number of rotatable bonds is 2. The average molecular weight is 278 g/mol. The van der Waals surface area contributed by atoms with Crippen LogP contribution in [0.4, 0.5) is 4.39 Å². The number of thiophene rings is 1. The molecule has 0 aliphatic heterocycles. The fourth-order valence-corrected chi connectivity index (χ4v) is 2.83. The minimum atomic E-state index is -1.13. The molecular formula is C10H6Cl2FNOS. The Kier molecular flexibility index (Phi) is 3.44. The number of halogens is 3. The maximum atomic E-state index is 13.4. The molecule has 84 valence electrons. The third-order valence-corrected chi connectivity index (χ3v) is 3.59. The monoisotopic (exact) mass is 277 g/mol. The highest BCUT2D eigenvalue weighted by Crippen LogP contribution is 2.37. The van der Waals surface area contributed by atoms with Crippen LogP contribution in [0.3, 0.4) is 0 Å². The maximum absolute atomic E-state index is 13.4. The minimum absolute atomic E-state index is 0.131. The SMILES string of the molecule is OC(c1ccncc1F)c1cc(Cl)sc1Cl. The van der Waals surface area contributed by atoms with Crippen molar-refractivity contribution in [3.63, 3.8) is 0 Å². The Bertz CT molecular complexity index is 517. The highest BCUT2D eigenvalue weighted by atomic mass is 35.5. The Balaban J connectivity index is 2.43. The smallest absolute Gasteiger partial charge is 0.147 e. The topological polar surface area (TPSA) is 33.1 Å². The zero-order chi connectivity index (χ0) is 11.7. The number of aliphatic hydroxyl groups is 1. The molecule has 0 amide bonds. The van der Waals surface area contributed by atoms with E-state index < -0.39 is 11.9 Å². The first-order valence-corrected chi connectivity index (χ1v) is 5.89. The molecule has 1 unspecified atom stereocenters. The Labute approximate surface area is 105 Å². The molecule has 0 aromatic carbocycles. The lowest BCUT2D eigenvalue weighted by Crippen LogP contribution is -2.02. The third-order valence-electron chi connectivity index (χ3n) is 2.08. The molecule has 0 aliphatic rings. The molecule has 6 heteroatoms. The van der Waals surface area contributed by atoms with Crippen LogP contribution < -0.4 is 0 Å². The van der Waals surface area contributed by atoms with E-state index in [1.807, 2.05) is 0 Å². The summed E-state index contributed by atoms with van der Waals surface area (Å²) >= 11 is 12.8. The molecule has 0 bridgehead atoms. The summed E-state index contributed by atoms with van der Waals surface area (Å²) in [4.78, 5) is 3.61. The lowest BCUT2D eigenvalue weighted by Gasteiger charge is -2.10. The number of aliphatic hydroxyl groups excluding tert-OH is 1. The molecule has 0 aliphatic carbocycles. The lowest BCUT2D eigenvalue weighted by molar-refractivity contribution is 0.215. The van der Waals surface area contributed by atoms with E-state index in [9.17, 15) is 9.50 Å². The Morgan fingerprint density at radius 2 is 2.12 bits per heavy atom. The van der Waals surface area contributed by atoms with Crippen molar-refractivity contribution in [2.24, 2.45) is 0 Å². The van der Waals surface area contributed by atoms with Crippen molar-refractivity contribution in [2.45, 2.75) is 6.10 Å². The van der Waals surface area contributed by atoms with Gasteiger partial charge >= 0.3 is 0 Å². The van der Waals surface area contributed by atoms with Gasteiger partial charge in [-0.2, -0.15) is 0 Å². The van der Waals surface area contributed by atoms with E-state index in [0.29, 0.717) is 14.2 Å². The van der Waals surface area contributed by atoms with Crippen LogP contribution in [0.25, 0.3) is 0 Å². The molecule has 1 atom stereocenters. The summed E-state index contributed by atoms with van der Waals surface area (Å²) in [5.41, 5.74) is 0.535. The van der Waals surface area contributed by atoms with Crippen molar-refractivity contribution in [2.75, 3.05) is 0 Å². The highest BCUT2D eigenvalue weighted by Gasteiger charge is 2.19. The molecule has 0 radical (unpaired) electrons. The van der Waals surface area contributed by atoms with E-state index in [1.165, 1.54) is 18.3 Å². The van der Waals surface area contributed by atoms with Gasteiger partial charge in [0.2, 0.25) is 0 Å². The Morgan fingerprint density at radius 1 is 1.38 bits per heavy atom. The minimum Gasteiger partial charge on any atom is -0.383 e. The van der Waals surface area contributed by atoms with Crippen LogP contribution in [0.15, 0.2) is 24.5 Å². The number of aromatic nitrogens is 1. The molecule has 0 spiro atoms. The van der Waals surface area contributed by atoms with Crippen molar-refractivity contribution in [1.29, 1.82) is 0 Å². The predicted molar refractivity (Wildman–Crippen MR) is 62.6 cm³/mol. The van der Waals surface area contributed by atoms with Crippen LogP contribution in [-0.2, 0) is 0 Å². The number of nitrogens with zero attached hydrogens (tertiary/aromatic N) is 1. The first-order chi connectivity index (χ1) is 7.59. The predicted octanol–water partition coefficient (Wildman–Crippen LogP) is 3.67. The summed E-state index contributed by atoms with van der Waals surface area (Å²) in [6.07, 6.45) is 1.32. The summed E-state index contributed by atoms with van der Waals surface area (Å²) < 4.78 is 14.2. The van der Waals surface area contributed by atoms with Crippen LogP contribution in [0.5, 0.6) is 0 Å². The van der Waals surface area contributed by atoms with E-state index >= 15 is 0 Å². The van der Waals surface area contributed by atoms with Crippen molar-refractivity contribution in [1.82, 2.24) is 4.98 Å². The summed E-state index contributed by atoms with van der Waals surface area (Å²) in [7, 11) is 0. The second kappa shape index (κ2) is 4.67. The molecular weight excluding hydrogens is 272 g/mol. The van der Waals surface area contributed by atoms with Crippen molar-refractivity contribution in [3.8, 4) is 0 Å². The van der Waals surface area contributed by atoms with Gasteiger partial charge in [0.15, 0.2) is 0 Å². The van der Waals surface area contributed by atoms with Crippen LogP contribution in [-0.4, -0.2) is 10.1 Å². The van der Waals surface area contributed by atoms with Crippen molar-refractivity contribution >= 4 is 34.5 Å². The first kappa shape index (κ1) is 11.8. The van der Waals surface area contributed by atoms with Crippen molar-refractivity contribution in [3.05, 3.63) is 50.1 Å². The quantitative estimate of drug-likeness (QED) is 0.909. The van der Waals surface area contributed by atoms with Gasteiger partial charge in [0, 0.05) is 17.3 Å². The zero-order valence-electron chi connectivity index (χ0n) is 7.82. The lowest BCUT2D eigenvalue weighted by atomic mass is 10.1. The van der Waals surface area contributed by atoms with Gasteiger partial charge in [0.25, 0.3) is 0 Å². The van der Waals surface area contributed by atoms with Gasteiger partial charge < -0.3 is 5.11 Å². The molecule has 16 heavy (non-hydrogen) atoms. The summed E-state index contributed by atoms with van der Waals surface area (Å²) in [6.45, 7) is 0. The van der Waals surface area contributed by atoms with Gasteiger partial charge in [0.05, 0.1) is 10.5 Å². The van der Waals surface area contributed by atoms with Crippen molar-refractivity contribution < 1.29 is 9.50 Å². The number of hydrogen-bond acceptors (Lipinski definition) is 3. The van der Waals surface area contributed by atoms with Gasteiger partial charge in [-0.1, -0.05) is 23.2 Å². The summed E-state index contributed by atoms with van der Waals surface area (Å²) in [6, 6.07) is 2.93. The first-order valence-electron chi connectivity index (χ1n) is 4.32. The van der Waals surface area contributed by atoms with Gasteiger partial charge in [-0.05, 0) is 12.1 Å². The molecule has 2 aromatic rings. The fraction of sp³-hybridized carbons (Fsp3) is 0.100. The van der Waals surface area contributed by atoms with E-state index in [2.05, 4.69) is 4.98 Å². The molecule has 1 N–H and O–H groups in total. The fourth-order valence-electron chi connectivity index (χ4n) is 1.31. The molecule has 2 heterocycles. The largest absolute Gasteiger partial charge is 0.383 e. The molecule has 0 fully saturated rings. The molecule has 2 rings (SSSR count). The van der Waals surface area contributed by atoms with E-state index in [4.69, 9.17) is 23.2 Å². The summed E-state index contributed by atoms with van der Waals surface area (Å²) in [5.74, 6) is -0.576. The Hall–Kier alpha value is -0.680. The van der Waals surface area contributed by atoms with Gasteiger partial charge in [-0.15, -0.1) is 11.3 Å². The molecule has 2 aromatic heterocycles. The maximum Gasteiger partial charge on any atom is 0.147 e. The molecule has 0 saturated carbocycles.